The summed E-state index contributed by atoms with van der Waals surface area (Å²) < 4.78 is 27.7. The third-order valence-electron chi connectivity index (χ3n) is 9.77. The van der Waals surface area contributed by atoms with Crippen molar-refractivity contribution in [3.05, 3.63) is 59.1 Å². The van der Waals surface area contributed by atoms with Gasteiger partial charge in [0.05, 0.1) is 40.5 Å². The number of hydrogen-bond acceptors (Lipinski definition) is 8. The zero-order valence-electron chi connectivity index (χ0n) is 26.0. The number of aliphatic hydroxyl groups excluding tert-OH is 1. The lowest BCUT2D eigenvalue weighted by Crippen LogP contribution is -2.55. The van der Waals surface area contributed by atoms with Gasteiger partial charge in [-0.3, -0.25) is 14.4 Å². The number of sulfone groups is 1. The van der Waals surface area contributed by atoms with Crippen LogP contribution >= 0.6 is 11.6 Å². The lowest BCUT2D eigenvalue weighted by molar-refractivity contribution is -0.151. The topological polar surface area (TPSA) is 170 Å². The molecule has 0 spiro atoms. The number of carboxylic acids is 1. The fraction of sp³-hybridized carbons (Fsp3) is 0.469. The molecule has 2 unspecified atom stereocenters. The third-order valence-corrected chi connectivity index (χ3v) is 11.7. The van der Waals surface area contributed by atoms with Gasteiger partial charge in [0.25, 0.3) is 5.91 Å². The molecule has 3 aromatic rings. The van der Waals surface area contributed by atoms with Gasteiger partial charge >= 0.3 is 12.0 Å². The Hall–Kier alpha value is -4.01. The van der Waals surface area contributed by atoms with Crippen molar-refractivity contribution >= 4 is 56.0 Å². The number of piperidine rings is 2. The number of aliphatic carboxylic acids is 1. The van der Waals surface area contributed by atoms with Crippen LogP contribution in [0.2, 0.25) is 5.02 Å². The summed E-state index contributed by atoms with van der Waals surface area (Å²) in [6.45, 7) is 4.11. The minimum Gasteiger partial charge on any atom is -0.481 e. The van der Waals surface area contributed by atoms with E-state index in [4.69, 9.17) is 11.6 Å². The predicted molar refractivity (Wildman–Crippen MR) is 170 cm³/mol. The van der Waals surface area contributed by atoms with Gasteiger partial charge in [-0.2, -0.15) is 0 Å². The summed E-state index contributed by atoms with van der Waals surface area (Å²) in [5.41, 5.74) is -0.465. The minimum atomic E-state index is -3.99. The second-order valence-electron chi connectivity index (χ2n) is 12.8. The van der Waals surface area contributed by atoms with Crippen LogP contribution in [-0.4, -0.2) is 104 Å². The van der Waals surface area contributed by atoms with Gasteiger partial charge in [-0.15, -0.1) is 0 Å². The number of rotatable bonds is 7. The zero-order chi connectivity index (χ0) is 33.8. The Morgan fingerprint density at radius 2 is 1.74 bits per heavy atom. The minimum absolute atomic E-state index is 0.00446. The van der Waals surface area contributed by atoms with E-state index in [2.05, 4.69) is 4.98 Å². The van der Waals surface area contributed by atoms with Gasteiger partial charge in [0, 0.05) is 37.6 Å². The Labute approximate surface area is 276 Å². The summed E-state index contributed by atoms with van der Waals surface area (Å²) in [7, 11) is -3.99. The van der Waals surface area contributed by atoms with Gasteiger partial charge in [-0.05, 0) is 67.6 Å². The van der Waals surface area contributed by atoms with E-state index in [1.165, 1.54) is 28.5 Å². The van der Waals surface area contributed by atoms with E-state index < -0.39 is 45.0 Å². The van der Waals surface area contributed by atoms with Crippen molar-refractivity contribution in [3.8, 4) is 0 Å². The number of amides is 3. The largest absolute Gasteiger partial charge is 0.481 e. The Morgan fingerprint density at radius 1 is 1.06 bits per heavy atom. The number of carbonyl (C=O) groups excluding carboxylic acids is 3. The Morgan fingerprint density at radius 3 is 2.43 bits per heavy atom. The number of imidazole rings is 1. The molecular formula is C32H36ClN5O8S. The van der Waals surface area contributed by atoms with Crippen LogP contribution < -0.4 is 0 Å². The number of likely N-dealkylation sites (tertiary alicyclic amines) is 2. The van der Waals surface area contributed by atoms with Crippen molar-refractivity contribution < 1.29 is 37.8 Å². The van der Waals surface area contributed by atoms with Crippen LogP contribution in [0.3, 0.4) is 0 Å². The van der Waals surface area contributed by atoms with Crippen molar-refractivity contribution in [1.82, 2.24) is 24.3 Å². The fourth-order valence-corrected chi connectivity index (χ4v) is 8.78. The van der Waals surface area contributed by atoms with Gasteiger partial charge in [0.15, 0.2) is 9.84 Å². The van der Waals surface area contributed by atoms with Gasteiger partial charge < -0.3 is 24.9 Å². The van der Waals surface area contributed by atoms with Crippen molar-refractivity contribution in [2.75, 3.05) is 25.4 Å². The van der Waals surface area contributed by atoms with E-state index in [1.807, 2.05) is 0 Å². The number of aliphatic hydroxyl groups is 1. The summed E-state index contributed by atoms with van der Waals surface area (Å²) in [5, 5.41) is 22.4. The van der Waals surface area contributed by atoms with E-state index >= 15 is 0 Å². The predicted octanol–water partition coefficient (Wildman–Crippen LogP) is 2.86. The number of carboxylic acid groups (broad SMARTS) is 1. The summed E-state index contributed by atoms with van der Waals surface area (Å²) in [4.78, 5) is 60.6. The quantitative estimate of drug-likeness (QED) is 0.380. The van der Waals surface area contributed by atoms with Crippen molar-refractivity contribution in [2.45, 2.75) is 68.7 Å². The molecule has 3 atom stereocenters. The molecule has 1 aromatic heterocycles. The molecule has 4 heterocycles. The molecule has 0 saturated carbocycles. The van der Waals surface area contributed by atoms with E-state index in [0.717, 1.165) is 5.39 Å². The van der Waals surface area contributed by atoms with Gasteiger partial charge in [-0.25, -0.2) is 22.8 Å². The second kappa shape index (κ2) is 12.2. The highest BCUT2D eigenvalue weighted by Gasteiger charge is 2.49. The molecule has 2 saturated heterocycles. The molecule has 0 aliphatic carbocycles. The van der Waals surface area contributed by atoms with E-state index in [9.17, 15) is 37.8 Å². The monoisotopic (exact) mass is 685 g/mol. The molecule has 2 N–H and O–H groups in total. The maximum absolute atomic E-state index is 13.8. The molecule has 0 bridgehead atoms. The Kier molecular flexibility index (Phi) is 8.56. The van der Waals surface area contributed by atoms with E-state index in [1.54, 1.807) is 47.2 Å². The number of hydrogen-bond donors (Lipinski definition) is 2. The molecule has 0 radical (unpaired) electrons. The van der Waals surface area contributed by atoms with Crippen LogP contribution in [-0.2, 0) is 36.3 Å². The Bertz CT molecular complexity index is 1890. The average Bonchev–Trinajstić information content (AvgIpc) is 3.60. The van der Waals surface area contributed by atoms with Crippen molar-refractivity contribution in [2.24, 2.45) is 5.92 Å². The van der Waals surface area contributed by atoms with Gasteiger partial charge in [0.1, 0.15) is 11.9 Å². The standard InChI is InChI=1S/C32H36ClN5O8S/c1-19(39)37-12-7-22(29(42)43)15-32(37,2)30-34-16-25-17-36(31(44)38(25)30)24-8-10-35(11-9-24)28(41)27(40)18-47(45,46)26-6-4-20-13-23(33)5-3-21(20)14-26/h3-6,13-14,16,22,24,27,40H,7-12,15,17-18H2,1-2H3,(H,42,43)/t22?,27-,32?/m1/s1. The third kappa shape index (κ3) is 5.98. The van der Waals surface area contributed by atoms with E-state index in [-0.39, 0.29) is 55.5 Å². The van der Waals surface area contributed by atoms with Crippen LogP contribution in [0.4, 0.5) is 4.79 Å². The molecule has 2 aromatic carbocycles. The number of halogens is 1. The van der Waals surface area contributed by atoms with Crippen LogP contribution in [0.5, 0.6) is 0 Å². The lowest BCUT2D eigenvalue weighted by atomic mass is 9.80. The highest BCUT2D eigenvalue weighted by atomic mass is 35.5. The molecule has 250 valence electrons. The SMILES string of the molecule is CC(=O)N1CCC(C(=O)O)CC1(C)c1ncc2n1C(=O)N(C1CCN(C(=O)[C@H](O)CS(=O)(=O)c3ccc4cc(Cl)ccc4c3)CC1)C2. The number of nitrogens with zero attached hydrogens (tertiary/aromatic N) is 5. The molecule has 2 fully saturated rings. The summed E-state index contributed by atoms with van der Waals surface area (Å²) in [6.07, 6.45) is 1.09. The molecule has 3 aliphatic heterocycles. The van der Waals surface area contributed by atoms with Crippen LogP contribution in [0, 0.1) is 5.92 Å². The molecule has 3 amide bonds. The molecule has 6 rings (SSSR count). The number of aromatic nitrogens is 2. The normalized spacial score (nSPS) is 22.9. The highest BCUT2D eigenvalue weighted by molar-refractivity contribution is 7.91. The number of fused-ring (bicyclic) bond motifs is 2. The van der Waals surface area contributed by atoms with Gasteiger partial charge in [-0.1, -0.05) is 23.7 Å². The lowest BCUT2D eigenvalue weighted by Gasteiger charge is -2.45. The Balaban J connectivity index is 1.10. The maximum atomic E-state index is 13.8. The number of benzene rings is 2. The first kappa shape index (κ1) is 32.9. The van der Waals surface area contributed by atoms with Crippen LogP contribution in [0.1, 0.15) is 51.0 Å². The van der Waals surface area contributed by atoms with Crippen LogP contribution in [0.25, 0.3) is 10.8 Å². The average molecular weight is 686 g/mol. The first-order chi connectivity index (χ1) is 22.2. The molecule has 15 heteroatoms. The first-order valence-electron chi connectivity index (χ1n) is 15.5. The number of carbonyl (C=O) groups is 4. The second-order valence-corrected chi connectivity index (χ2v) is 15.3. The molecule has 47 heavy (non-hydrogen) atoms. The van der Waals surface area contributed by atoms with Crippen LogP contribution in [0.15, 0.2) is 47.5 Å². The fourth-order valence-electron chi connectivity index (χ4n) is 7.27. The maximum Gasteiger partial charge on any atom is 0.330 e. The first-order valence-corrected chi connectivity index (χ1v) is 17.5. The summed E-state index contributed by atoms with van der Waals surface area (Å²) >= 11 is 6.02. The van der Waals surface area contributed by atoms with Gasteiger partial charge in [0.2, 0.25) is 5.91 Å². The molecule has 13 nitrogen and oxygen atoms in total. The summed E-state index contributed by atoms with van der Waals surface area (Å²) in [6, 6.07) is 9.05. The molecular weight excluding hydrogens is 650 g/mol. The summed E-state index contributed by atoms with van der Waals surface area (Å²) in [5.74, 6) is -2.99. The smallest absolute Gasteiger partial charge is 0.330 e. The highest BCUT2D eigenvalue weighted by Crippen LogP contribution is 2.41. The zero-order valence-corrected chi connectivity index (χ0v) is 27.6. The van der Waals surface area contributed by atoms with Crippen molar-refractivity contribution in [3.63, 3.8) is 0 Å². The molecule has 3 aliphatic rings. The van der Waals surface area contributed by atoms with Crippen molar-refractivity contribution in [1.29, 1.82) is 0 Å². The van der Waals surface area contributed by atoms with E-state index in [0.29, 0.717) is 41.2 Å².